The highest BCUT2D eigenvalue weighted by Crippen LogP contribution is 2.48. The molecule has 2 aliphatic carbocycles. The fourth-order valence-corrected chi connectivity index (χ4v) is 3.51. The maximum Gasteiger partial charge on any atom is 0.326 e. The first kappa shape index (κ1) is 10.8. The van der Waals surface area contributed by atoms with E-state index in [1.54, 1.807) is 11.9 Å². The van der Waals surface area contributed by atoms with Crippen molar-refractivity contribution in [1.82, 2.24) is 9.80 Å². The van der Waals surface area contributed by atoms with Gasteiger partial charge in [0.05, 0.1) is 0 Å². The summed E-state index contributed by atoms with van der Waals surface area (Å²) >= 11 is 0. The van der Waals surface area contributed by atoms with E-state index in [4.69, 9.17) is 0 Å². The van der Waals surface area contributed by atoms with Gasteiger partial charge in [0.1, 0.15) is 0 Å². The van der Waals surface area contributed by atoms with Crippen molar-refractivity contribution in [2.45, 2.75) is 13.3 Å². The Bertz CT molecular complexity index is 404. The number of carbonyl (C=O) groups is 2. The molecule has 0 unspecified atom stereocenters. The second-order valence-corrected chi connectivity index (χ2v) is 5.53. The van der Waals surface area contributed by atoms with Crippen LogP contribution in [-0.4, -0.2) is 41.9 Å². The van der Waals surface area contributed by atoms with Crippen molar-refractivity contribution >= 4 is 11.9 Å². The zero-order valence-electron chi connectivity index (χ0n) is 10.3. The molecule has 2 fully saturated rings. The quantitative estimate of drug-likeness (QED) is 0.642. The summed E-state index contributed by atoms with van der Waals surface area (Å²) in [5.41, 5.74) is 0. The zero-order valence-corrected chi connectivity index (χ0v) is 10.3. The molecule has 0 aromatic rings. The lowest BCUT2D eigenvalue weighted by molar-refractivity contribution is -0.134. The second kappa shape index (κ2) is 3.59. The molecule has 0 radical (unpaired) electrons. The van der Waals surface area contributed by atoms with Crippen LogP contribution in [0.5, 0.6) is 0 Å². The van der Waals surface area contributed by atoms with Crippen LogP contribution in [0.15, 0.2) is 12.2 Å². The molecule has 4 atom stereocenters. The van der Waals surface area contributed by atoms with E-state index in [0.29, 0.717) is 30.8 Å². The van der Waals surface area contributed by atoms with Crippen molar-refractivity contribution in [2.75, 3.05) is 20.1 Å². The first-order chi connectivity index (χ1) is 8.09. The topological polar surface area (TPSA) is 40.6 Å². The van der Waals surface area contributed by atoms with E-state index >= 15 is 0 Å². The largest absolute Gasteiger partial charge is 0.326 e. The molecule has 0 aromatic carbocycles. The van der Waals surface area contributed by atoms with Gasteiger partial charge >= 0.3 is 6.03 Å². The summed E-state index contributed by atoms with van der Waals surface area (Å²) in [6.45, 7) is 3.36. The van der Waals surface area contributed by atoms with E-state index < -0.39 is 0 Å². The van der Waals surface area contributed by atoms with Crippen LogP contribution in [0.3, 0.4) is 0 Å². The van der Waals surface area contributed by atoms with Crippen LogP contribution in [0.4, 0.5) is 4.79 Å². The minimum Gasteiger partial charge on any atom is -0.326 e. The molecule has 1 heterocycles. The number of hydrogen-bond acceptors (Lipinski definition) is 2. The fourth-order valence-electron chi connectivity index (χ4n) is 3.51. The Morgan fingerprint density at radius 2 is 2.00 bits per heavy atom. The van der Waals surface area contributed by atoms with Gasteiger partial charge in [0, 0.05) is 26.1 Å². The molecule has 0 N–H and O–H groups in total. The van der Waals surface area contributed by atoms with Crippen LogP contribution in [0, 0.1) is 23.7 Å². The van der Waals surface area contributed by atoms with E-state index in [1.807, 2.05) is 0 Å². The normalized spacial score (nSPS) is 39.5. The molecule has 1 saturated carbocycles. The van der Waals surface area contributed by atoms with E-state index in [9.17, 15) is 9.59 Å². The Morgan fingerprint density at radius 3 is 2.53 bits per heavy atom. The van der Waals surface area contributed by atoms with Crippen LogP contribution in [-0.2, 0) is 4.79 Å². The predicted molar refractivity (Wildman–Crippen MR) is 63.1 cm³/mol. The highest BCUT2D eigenvalue weighted by atomic mass is 16.2. The summed E-state index contributed by atoms with van der Waals surface area (Å²) in [7, 11) is 1.75. The smallest absolute Gasteiger partial charge is 0.326 e. The van der Waals surface area contributed by atoms with Crippen LogP contribution in [0.2, 0.25) is 0 Å². The third-order valence-corrected chi connectivity index (χ3v) is 4.62. The summed E-state index contributed by atoms with van der Waals surface area (Å²) in [6, 6.07) is -0.131. The molecular weight excluding hydrogens is 216 g/mol. The second-order valence-electron chi connectivity index (χ2n) is 5.53. The Hall–Kier alpha value is -1.32. The Kier molecular flexibility index (Phi) is 2.28. The van der Waals surface area contributed by atoms with E-state index in [0.717, 1.165) is 6.42 Å². The summed E-state index contributed by atoms with van der Waals surface area (Å²) in [4.78, 5) is 27.3. The van der Waals surface area contributed by atoms with Gasteiger partial charge in [0.25, 0.3) is 0 Å². The molecule has 3 rings (SSSR count). The van der Waals surface area contributed by atoms with Crippen molar-refractivity contribution in [3.8, 4) is 0 Å². The zero-order chi connectivity index (χ0) is 12.2. The molecule has 0 aromatic heterocycles. The monoisotopic (exact) mass is 234 g/mol. The predicted octanol–water partition coefficient (Wildman–Crippen LogP) is 1.34. The van der Waals surface area contributed by atoms with Crippen molar-refractivity contribution in [3.05, 3.63) is 12.2 Å². The average Bonchev–Trinajstić information content (AvgIpc) is 2.95. The van der Waals surface area contributed by atoms with Gasteiger partial charge in [-0.3, -0.25) is 9.69 Å². The van der Waals surface area contributed by atoms with Crippen molar-refractivity contribution in [2.24, 2.45) is 23.7 Å². The molecule has 0 spiro atoms. The van der Waals surface area contributed by atoms with Gasteiger partial charge in [0.2, 0.25) is 5.91 Å². The summed E-state index contributed by atoms with van der Waals surface area (Å²) in [5.74, 6) is 1.37. The molecule has 17 heavy (non-hydrogen) atoms. The minimum absolute atomic E-state index is 0.0282. The molecule has 4 heteroatoms. The van der Waals surface area contributed by atoms with Crippen molar-refractivity contribution in [1.29, 1.82) is 0 Å². The number of allylic oxidation sites excluding steroid dienone is 2. The van der Waals surface area contributed by atoms with Gasteiger partial charge in [-0.05, 0) is 24.2 Å². The first-order valence-electron chi connectivity index (χ1n) is 6.34. The summed E-state index contributed by atoms with van der Waals surface area (Å²) in [5, 5.41) is 0. The molecular formula is C13H18N2O2. The van der Waals surface area contributed by atoms with Gasteiger partial charge in [0.15, 0.2) is 0 Å². The number of likely N-dealkylation sites (N-methyl/N-ethyl adjacent to an activating group) is 1. The van der Waals surface area contributed by atoms with Gasteiger partial charge in [-0.15, -0.1) is 0 Å². The number of fused-ring (bicyclic) bond motifs is 2. The lowest BCUT2D eigenvalue weighted by atomic mass is 9.83. The highest BCUT2D eigenvalue weighted by Gasteiger charge is 2.48. The molecule has 3 aliphatic rings. The Balaban J connectivity index is 1.79. The molecule has 4 nitrogen and oxygen atoms in total. The number of amides is 3. The molecule has 92 valence electrons. The van der Waals surface area contributed by atoms with Crippen molar-refractivity contribution < 1.29 is 9.59 Å². The maximum atomic E-state index is 12.4. The van der Waals surface area contributed by atoms with Gasteiger partial charge in [-0.1, -0.05) is 19.1 Å². The molecule has 1 aliphatic heterocycles. The van der Waals surface area contributed by atoms with Gasteiger partial charge < -0.3 is 4.90 Å². The summed E-state index contributed by atoms with van der Waals surface area (Å²) in [6.07, 6.45) is 5.49. The number of rotatable bonds is 1. The number of urea groups is 1. The third-order valence-electron chi connectivity index (χ3n) is 4.62. The van der Waals surface area contributed by atoms with Crippen molar-refractivity contribution in [3.63, 3.8) is 0 Å². The lowest BCUT2D eigenvalue weighted by Gasteiger charge is -2.27. The third kappa shape index (κ3) is 1.43. The van der Waals surface area contributed by atoms with Crippen LogP contribution in [0.25, 0.3) is 0 Å². The molecule has 3 amide bonds. The van der Waals surface area contributed by atoms with Crippen LogP contribution < -0.4 is 0 Å². The standard InChI is InChI=1S/C13H18N2O2/c1-8-9-3-4-10(7-9)11(8)12(16)15-6-5-14(2)13(15)17/h3-4,8-11H,5-7H2,1-2H3/t8-,9-,10+,11+/m0/s1. The SMILES string of the molecule is C[C@@H]1[C@@H](C(=O)N2CCN(C)C2=O)[C@@H]2C=C[C@H]1C2. The van der Waals surface area contributed by atoms with E-state index in [-0.39, 0.29) is 17.9 Å². The van der Waals surface area contributed by atoms with E-state index in [1.165, 1.54) is 4.90 Å². The van der Waals surface area contributed by atoms with Gasteiger partial charge in [-0.2, -0.15) is 0 Å². The Morgan fingerprint density at radius 1 is 1.29 bits per heavy atom. The Labute approximate surface area is 101 Å². The number of imide groups is 1. The number of hydrogen-bond donors (Lipinski definition) is 0. The molecule has 2 bridgehead atoms. The van der Waals surface area contributed by atoms with E-state index in [2.05, 4.69) is 19.1 Å². The molecule has 1 saturated heterocycles. The maximum absolute atomic E-state index is 12.4. The lowest BCUT2D eigenvalue weighted by Crippen LogP contribution is -2.42. The average molecular weight is 234 g/mol. The minimum atomic E-state index is -0.131. The summed E-state index contributed by atoms with van der Waals surface area (Å²) < 4.78 is 0. The van der Waals surface area contributed by atoms with Crippen LogP contribution in [0.1, 0.15) is 13.3 Å². The number of carbonyl (C=O) groups excluding carboxylic acids is 2. The van der Waals surface area contributed by atoms with Gasteiger partial charge in [-0.25, -0.2) is 4.79 Å². The first-order valence-corrected chi connectivity index (χ1v) is 6.34. The highest BCUT2D eigenvalue weighted by molar-refractivity contribution is 5.97. The number of nitrogens with zero attached hydrogens (tertiary/aromatic N) is 2. The fraction of sp³-hybridized carbons (Fsp3) is 0.692. The van der Waals surface area contributed by atoms with Crippen LogP contribution >= 0.6 is 0 Å².